The summed E-state index contributed by atoms with van der Waals surface area (Å²) in [6.45, 7) is -0.529. The minimum absolute atomic E-state index is 0.529. The Bertz CT molecular complexity index is 167. The molecule has 0 saturated carbocycles. The Balaban J connectivity index is 4.35. The fourth-order valence-electron chi connectivity index (χ4n) is 0.687. The first-order valence-electron chi connectivity index (χ1n) is 3.19. The van der Waals surface area contributed by atoms with Crippen LogP contribution in [0.5, 0.6) is 0 Å². The van der Waals surface area contributed by atoms with Gasteiger partial charge >= 0.3 is 12.1 Å². The van der Waals surface area contributed by atoms with Gasteiger partial charge < -0.3 is 10.0 Å². The Morgan fingerprint density at radius 2 is 1.92 bits per heavy atom. The summed E-state index contributed by atoms with van der Waals surface area (Å²) < 4.78 is 35.8. The molecule has 0 aromatic carbocycles. The van der Waals surface area contributed by atoms with Crippen LogP contribution in [0.25, 0.3) is 0 Å². The van der Waals surface area contributed by atoms with Gasteiger partial charge in [0.05, 0.1) is 0 Å². The minimum Gasteiger partial charge on any atom is -0.481 e. The average molecular weight is 185 g/mol. The monoisotopic (exact) mass is 185 g/mol. The van der Waals surface area contributed by atoms with Crippen LogP contribution in [0.1, 0.15) is 0 Å². The van der Waals surface area contributed by atoms with Crippen LogP contribution >= 0.6 is 0 Å². The molecule has 0 fully saturated rings. The molecular weight excluding hydrogens is 175 g/mol. The topological polar surface area (TPSA) is 40.5 Å². The fraction of sp³-hybridized carbons (Fsp3) is 0.833. The number of hydrogen-bond acceptors (Lipinski definition) is 2. The van der Waals surface area contributed by atoms with Crippen LogP contribution in [0.2, 0.25) is 0 Å². The summed E-state index contributed by atoms with van der Waals surface area (Å²) in [6, 6.07) is 0. The highest BCUT2D eigenvalue weighted by Gasteiger charge is 2.45. The van der Waals surface area contributed by atoms with E-state index in [1.165, 1.54) is 19.0 Å². The normalized spacial score (nSPS) is 14.8. The molecule has 0 amide bonds. The SMILES string of the molecule is CN(C)CC(C(=O)O)C(F)(F)F. The molecule has 0 radical (unpaired) electrons. The summed E-state index contributed by atoms with van der Waals surface area (Å²) in [6.07, 6.45) is -4.67. The second kappa shape index (κ2) is 3.75. The Morgan fingerprint density at radius 1 is 1.50 bits per heavy atom. The van der Waals surface area contributed by atoms with Gasteiger partial charge in [0, 0.05) is 6.54 Å². The van der Waals surface area contributed by atoms with E-state index < -0.39 is 24.6 Å². The van der Waals surface area contributed by atoms with Gasteiger partial charge in [0.25, 0.3) is 0 Å². The molecule has 1 N–H and O–H groups in total. The van der Waals surface area contributed by atoms with Gasteiger partial charge in [-0.3, -0.25) is 4.79 Å². The first-order valence-corrected chi connectivity index (χ1v) is 3.19. The quantitative estimate of drug-likeness (QED) is 0.707. The predicted molar refractivity (Wildman–Crippen MR) is 35.7 cm³/mol. The van der Waals surface area contributed by atoms with Crippen molar-refractivity contribution in [1.29, 1.82) is 0 Å². The van der Waals surface area contributed by atoms with Crippen LogP contribution in [0.15, 0.2) is 0 Å². The lowest BCUT2D eigenvalue weighted by Gasteiger charge is -2.19. The Hall–Kier alpha value is -0.780. The zero-order valence-electron chi connectivity index (χ0n) is 6.72. The highest BCUT2D eigenvalue weighted by Crippen LogP contribution is 2.26. The Morgan fingerprint density at radius 3 is 2.00 bits per heavy atom. The number of carbonyl (C=O) groups is 1. The molecule has 0 bridgehead atoms. The highest BCUT2D eigenvalue weighted by atomic mass is 19.4. The lowest BCUT2D eigenvalue weighted by atomic mass is 10.1. The van der Waals surface area contributed by atoms with E-state index in [1.807, 2.05) is 0 Å². The van der Waals surface area contributed by atoms with Crippen molar-refractivity contribution >= 4 is 5.97 Å². The van der Waals surface area contributed by atoms with E-state index in [-0.39, 0.29) is 0 Å². The van der Waals surface area contributed by atoms with Crippen molar-refractivity contribution in [3.63, 3.8) is 0 Å². The maximum atomic E-state index is 11.9. The summed E-state index contributed by atoms with van der Waals surface area (Å²) in [5.74, 6) is -4.14. The highest BCUT2D eigenvalue weighted by molar-refractivity contribution is 5.71. The number of halogens is 3. The first kappa shape index (κ1) is 11.2. The van der Waals surface area contributed by atoms with Crippen LogP contribution < -0.4 is 0 Å². The third-order valence-electron chi connectivity index (χ3n) is 1.24. The molecule has 0 spiro atoms. The van der Waals surface area contributed by atoms with Gasteiger partial charge in [0.15, 0.2) is 5.92 Å². The van der Waals surface area contributed by atoms with Crippen LogP contribution in [0.3, 0.4) is 0 Å². The maximum absolute atomic E-state index is 11.9. The largest absolute Gasteiger partial charge is 0.481 e. The summed E-state index contributed by atoms with van der Waals surface area (Å²) in [5.41, 5.74) is 0. The molecule has 1 unspecified atom stereocenters. The van der Waals surface area contributed by atoms with Crippen LogP contribution in [0, 0.1) is 5.92 Å². The molecule has 0 aliphatic heterocycles. The second-order valence-corrected chi connectivity index (χ2v) is 2.69. The van der Waals surface area contributed by atoms with Crippen LogP contribution in [0.4, 0.5) is 13.2 Å². The zero-order chi connectivity index (χ0) is 9.94. The summed E-state index contributed by atoms with van der Waals surface area (Å²) >= 11 is 0. The standard InChI is InChI=1S/C6H10F3NO2/c1-10(2)3-4(5(11)12)6(7,8)9/h4H,3H2,1-2H3,(H,11,12). The Labute approximate surface area is 67.8 Å². The second-order valence-electron chi connectivity index (χ2n) is 2.69. The predicted octanol–water partition coefficient (Wildman–Crippen LogP) is 0.811. The van der Waals surface area contributed by atoms with Crippen molar-refractivity contribution < 1.29 is 23.1 Å². The van der Waals surface area contributed by atoms with E-state index in [4.69, 9.17) is 5.11 Å². The van der Waals surface area contributed by atoms with Gasteiger partial charge in [0.1, 0.15) is 0 Å². The molecule has 12 heavy (non-hydrogen) atoms. The fourth-order valence-corrected chi connectivity index (χ4v) is 0.687. The van der Waals surface area contributed by atoms with Crippen molar-refractivity contribution in [2.45, 2.75) is 6.18 Å². The first-order chi connectivity index (χ1) is 5.25. The summed E-state index contributed by atoms with van der Waals surface area (Å²) in [7, 11) is 2.78. The molecule has 0 aromatic rings. The van der Waals surface area contributed by atoms with Crippen molar-refractivity contribution in [1.82, 2.24) is 4.90 Å². The third kappa shape index (κ3) is 3.56. The molecule has 72 valence electrons. The lowest BCUT2D eigenvalue weighted by Crippen LogP contribution is -2.38. The number of carboxylic acid groups (broad SMARTS) is 1. The van der Waals surface area contributed by atoms with Crippen LogP contribution in [-0.2, 0) is 4.79 Å². The number of hydrogen-bond donors (Lipinski definition) is 1. The molecular formula is C6H10F3NO2. The maximum Gasteiger partial charge on any atom is 0.403 e. The molecule has 0 rings (SSSR count). The van der Waals surface area contributed by atoms with Crippen molar-refractivity contribution in [3.8, 4) is 0 Å². The van der Waals surface area contributed by atoms with Gasteiger partial charge in [-0.2, -0.15) is 13.2 Å². The number of alkyl halides is 3. The van der Waals surface area contributed by atoms with Gasteiger partial charge in [-0.1, -0.05) is 0 Å². The average Bonchev–Trinajstić information content (AvgIpc) is 1.79. The Kier molecular flexibility index (Phi) is 3.51. The van der Waals surface area contributed by atoms with E-state index in [0.29, 0.717) is 0 Å². The van der Waals surface area contributed by atoms with Crippen molar-refractivity contribution in [2.24, 2.45) is 5.92 Å². The molecule has 0 aliphatic carbocycles. The number of aliphatic carboxylic acids is 1. The van der Waals surface area contributed by atoms with E-state index in [0.717, 1.165) is 0 Å². The van der Waals surface area contributed by atoms with Crippen molar-refractivity contribution in [2.75, 3.05) is 20.6 Å². The van der Waals surface area contributed by atoms with E-state index in [2.05, 4.69) is 0 Å². The molecule has 0 aromatic heterocycles. The van der Waals surface area contributed by atoms with Gasteiger partial charge in [0.2, 0.25) is 0 Å². The minimum atomic E-state index is -4.67. The molecule has 0 aliphatic rings. The van der Waals surface area contributed by atoms with E-state index in [9.17, 15) is 18.0 Å². The third-order valence-corrected chi connectivity index (χ3v) is 1.24. The number of carboxylic acids is 1. The summed E-state index contributed by atoms with van der Waals surface area (Å²) in [5, 5.41) is 8.21. The smallest absolute Gasteiger partial charge is 0.403 e. The molecule has 1 atom stereocenters. The lowest BCUT2D eigenvalue weighted by molar-refractivity contribution is -0.195. The number of nitrogens with zero attached hydrogens (tertiary/aromatic N) is 1. The molecule has 6 heteroatoms. The van der Waals surface area contributed by atoms with Gasteiger partial charge in [-0.05, 0) is 14.1 Å². The zero-order valence-corrected chi connectivity index (χ0v) is 6.72. The molecule has 0 saturated heterocycles. The van der Waals surface area contributed by atoms with Crippen LogP contribution in [-0.4, -0.2) is 42.8 Å². The van der Waals surface area contributed by atoms with E-state index in [1.54, 1.807) is 0 Å². The van der Waals surface area contributed by atoms with Gasteiger partial charge in [-0.25, -0.2) is 0 Å². The van der Waals surface area contributed by atoms with Gasteiger partial charge in [-0.15, -0.1) is 0 Å². The van der Waals surface area contributed by atoms with E-state index >= 15 is 0 Å². The number of rotatable bonds is 3. The summed E-state index contributed by atoms with van der Waals surface area (Å²) in [4.78, 5) is 11.3. The van der Waals surface area contributed by atoms with Crippen molar-refractivity contribution in [3.05, 3.63) is 0 Å². The molecule has 0 heterocycles. The molecule has 3 nitrogen and oxygen atoms in total.